The molecule has 3 aromatic rings. The molecular formula is C17H9N3S. The average Bonchev–Trinajstić information content (AvgIpc) is 3.05. The normalized spacial score (nSPS) is 9.81. The first-order valence-corrected chi connectivity index (χ1v) is 7.09. The number of nitrogens with zero attached hydrogens (tertiary/aromatic N) is 3. The van der Waals surface area contributed by atoms with Crippen LogP contribution in [0.15, 0.2) is 54.7 Å². The molecule has 0 N–H and O–H groups in total. The summed E-state index contributed by atoms with van der Waals surface area (Å²) in [5.74, 6) is 0. The number of thiophene rings is 1. The van der Waals surface area contributed by atoms with Crippen molar-refractivity contribution in [2.24, 2.45) is 0 Å². The second kappa shape index (κ2) is 5.58. The number of rotatable bonds is 2. The molecule has 0 radical (unpaired) electrons. The second-order valence-electron chi connectivity index (χ2n) is 4.40. The zero-order valence-electron chi connectivity index (χ0n) is 10.9. The first-order chi connectivity index (χ1) is 10.3. The van der Waals surface area contributed by atoms with E-state index >= 15 is 0 Å². The van der Waals surface area contributed by atoms with Gasteiger partial charge in [0.25, 0.3) is 0 Å². The summed E-state index contributed by atoms with van der Waals surface area (Å²) in [4.78, 5) is 6.48. The third kappa shape index (κ3) is 2.67. The fourth-order valence-corrected chi connectivity index (χ4v) is 2.93. The zero-order chi connectivity index (χ0) is 14.7. The summed E-state index contributed by atoms with van der Waals surface area (Å²) in [6.45, 7) is 0. The van der Waals surface area contributed by atoms with Crippen LogP contribution in [-0.4, -0.2) is 4.98 Å². The van der Waals surface area contributed by atoms with Gasteiger partial charge in [0.15, 0.2) is 0 Å². The molecule has 0 amide bonds. The summed E-state index contributed by atoms with van der Waals surface area (Å²) < 4.78 is 0. The lowest BCUT2D eigenvalue weighted by atomic mass is 10.1. The predicted octanol–water partition coefficient (Wildman–Crippen LogP) is 4.22. The quantitative estimate of drug-likeness (QED) is 0.709. The van der Waals surface area contributed by atoms with E-state index in [1.165, 1.54) is 0 Å². The van der Waals surface area contributed by atoms with E-state index < -0.39 is 0 Å². The molecule has 0 bridgehead atoms. The third-order valence-electron chi connectivity index (χ3n) is 3.05. The van der Waals surface area contributed by atoms with Crippen LogP contribution in [0.25, 0.3) is 21.0 Å². The van der Waals surface area contributed by atoms with Crippen molar-refractivity contribution in [3.05, 3.63) is 65.9 Å². The van der Waals surface area contributed by atoms with Gasteiger partial charge in [-0.3, -0.25) is 4.98 Å². The van der Waals surface area contributed by atoms with Crippen LogP contribution < -0.4 is 0 Å². The predicted molar refractivity (Wildman–Crippen MR) is 82.4 cm³/mol. The smallest absolute Gasteiger partial charge is 0.101 e. The molecule has 0 saturated heterocycles. The highest BCUT2D eigenvalue weighted by Gasteiger charge is 2.06. The van der Waals surface area contributed by atoms with Gasteiger partial charge in [0.1, 0.15) is 6.07 Å². The number of hydrogen-bond acceptors (Lipinski definition) is 4. The molecule has 98 valence electrons. The number of pyridine rings is 1. The van der Waals surface area contributed by atoms with Crippen molar-refractivity contribution < 1.29 is 0 Å². The molecule has 1 aromatic carbocycles. The van der Waals surface area contributed by atoms with Crippen LogP contribution in [0.5, 0.6) is 0 Å². The number of aromatic nitrogens is 1. The molecule has 0 unspecified atom stereocenters. The van der Waals surface area contributed by atoms with Crippen LogP contribution in [0, 0.1) is 22.7 Å². The molecule has 0 aliphatic carbocycles. The molecule has 3 nitrogen and oxygen atoms in total. The third-order valence-corrected chi connectivity index (χ3v) is 4.21. The maximum Gasteiger partial charge on any atom is 0.101 e. The van der Waals surface area contributed by atoms with Gasteiger partial charge in [-0.25, -0.2) is 0 Å². The Balaban J connectivity index is 1.92. The van der Waals surface area contributed by atoms with Crippen molar-refractivity contribution in [3.63, 3.8) is 0 Å². The van der Waals surface area contributed by atoms with Gasteiger partial charge in [-0.1, -0.05) is 12.1 Å². The largest absolute Gasteiger partial charge is 0.254 e. The van der Waals surface area contributed by atoms with Crippen LogP contribution in [-0.2, 0) is 0 Å². The van der Waals surface area contributed by atoms with E-state index in [-0.39, 0.29) is 0 Å². The highest BCUT2D eigenvalue weighted by atomic mass is 32.1. The zero-order valence-corrected chi connectivity index (χ0v) is 11.8. The van der Waals surface area contributed by atoms with E-state index in [2.05, 4.69) is 17.1 Å². The van der Waals surface area contributed by atoms with Gasteiger partial charge in [-0.2, -0.15) is 10.5 Å². The molecule has 2 aromatic heterocycles. The maximum absolute atomic E-state index is 8.82. The minimum atomic E-state index is 0.558. The van der Waals surface area contributed by atoms with Crippen molar-refractivity contribution in [2.75, 3.05) is 0 Å². The van der Waals surface area contributed by atoms with Crippen LogP contribution in [0.3, 0.4) is 0 Å². The number of hydrogen-bond donors (Lipinski definition) is 0. The molecule has 4 heteroatoms. The Morgan fingerprint density at radius 2 is 1.43 bits per heavy atom. The standard InChI is InChI=1S/C17H9N3S/c18-9-12-1-4-14(5-2-12)16-7-8-17(21-16)15-6-3-13(10-19)11-20-15/h1-8,11H. The second-order valence-corrected chi connectivity index (χ2v) is 5.48. The lowest BCUT2D eigenvalue weighted by Crippen LogP contribution is -1.81. The van der Waals surface area contributed by atoms with Crippen LogP contribution >= 0.6 is 11.3 Å². The van der Waals surface area contributed by atoms with Crippen molar-refractivity contribution in [1.82, 2.24) is 4.98 Å². The van der Waals surface area contributed by atoms with Gasteiger partial charge in [0, 0.05) is 11.1 Å². The average molecular weight is 287 g/mol. The maximum atomic E-state index is 8.82. The van der Waals surface area contributed by atoms with Gasteiger partial charge >= 0.3 is 0 Å². The summed E-state index contributed by atoms with van der Waals surface area (Å²) in [5.41, 5.74) is 3.16. The Morgan fingerprint density at radius 1 is 0.762 bits per heavy atom. The van der Waals surface area contributed by atoms with E-state index in [0.29, 0.717) is 11.1 Å². The van der Waals surface area contributed by atoms with Gasteiger partial charge in [-0.15, -0.1) is 11.3 Å². The summed E-state index contributed by atoms with van der Waals surface area (Å²) in [6.07, 6.45) is 1.58. The van der Waals surface area contributed by atoms with E-state index in [4.69, 9.17) is 10.5 Å². The molecule has 0 atom stereocenters. The summed E-state index contributed by atoms with van der Waals surface area (Å²) >= 11 is 1.64. The minimum Gasteiger partial charge on any atom is -0.254 e. The SMILES string of the molecule is N#Cc1ccc(-c2ccc(-c3ccc(C#N)cn3)s2)cc1. The van der Waals surface area contributed by atoms with Crippen LogP contribution in [0.4, 0.5) is 0 Å². The molecule has 2 heterocycles. The fourth-order valence-electron chi connectivity index (χ4n) is 1.95. The molecule has 0 spiro atoms. The molecule has 0 fully saturated rings. The molecule has 0 aliphatic rings. The highest BCUT2D eigenvalue weighted by Crippen LogP contribution is 2.33. The topological polar surface area (TPSA) is 60.5 Å². The Hall–Kier alpha value is -2.95. The van der Waals surface area contributed by atoms with Gasteiger partial charge < -0.3 is 0 Å². The van der Waals surface area contributed by atoms with Gasteiger partial charge in [0.05, 0.1) is 27.8 Å². The minimum absolute atomic E-state index is 0.558. The van der Waals surface area contributed by atoms with Crippen molar-refractivity contribution >= 4 is 11.3 Å². The van der Waals surface area contributed by atoms with Crippen LogP contribution in [0.2, 0.25) is 0 Å². The van der Waals surface area contributed by atoms with Gasteiger partial charge in [0.2, 0.25) is 0 Å². The van der Waals surface area contributed by atoms with Crippen molar-refractivity contribution in [1.29, 1.82) is 10.5 Å². The number of nitriles is 2. The lowest BCUT2D eigenvalue weighted by Gasteiger charge is -1.98. The highest BCUT2D eigenvalue weighted by molar-refractivity contribution is 7.18. The Labute approximate surface area is 126 Å². The van der Waals surface area contributed by atoms with E-state index in [9.17, 15) is 0 Å². The first-order valence-electron chi connectivity index (χ1n) is 6.27. The molecule has 0 aliphatic heterocycles. The summed E-state index contributed by atoms with van der Waals surface area (Å²) in [7, 11) is 0. The summed E-state index contributed by atoms with van der Waals surface area (Å²) in [6, 6.07) is 19.4. The Morgan fingerprint density at radius 3 is 2.05 bits per heavy atom. The fraction of sp³-hybridized carbons (Fsp3) is 0. The van der Waals surface area contributed by atoms with Crippen LogP contribution in [0.1, 0.15) is 11.1 Å². The van der Waals surface area contributed by atoms with E-state index in [1.807, 2.05) is 42.5 Å². The van der Waals surface area contributed by atoms with E-state index in [0.717, 1.165) is 21.0 Å². The first kappa shape index (κ1) is 13.1. The van der Waals surface area contributed by atoms with Crippen molar-refractivity contribution in [3.8, 4) is 33.2 Å². The monoisotopic (exact) mass is 287 g/mol. The van der Waals surface area contributed by atoms with Crippen molar-refractivity contribution in [2.45, 2.75) is 0 Å². The molecule has 0 saturated carbocycles. The Kier molecular flexibility index (Phi) is 3.47. The molecule has 3 rings (SSSR count). The lowest BCUT2D eigenvalue weighted by molar-refractivity contribution is 1.31. The van der Waals surface area contributed by atoms with E-state index in [1.54, 1.807) is 23.6 Å². The molecule has 21 heavy (non-hydrogen) atoms. The molecular weight excluding hydrogens is 278 g/mol. The number of benzene rings is 1. The van der Waals surface area contributed by atoms with Gasteiger partial charge in [-0.05, 0) is 42.0 Å². The summed E-state index contributed by atoms with van der Waals surface area (Å²) in [5, 5.41) is 17.6. The Bertz CT molecular complexity index is 775.